The molecule has 26 heavy (non-hydrogen) atoms. The van der Waals surface area contributed by atoms with Gasteiger partial charge in [0.15, 0.2) is 0 Å². The van der Waals surface area contributed by atoms with Gasteiger partial charge in [-0.25, -0.2) is 13.8 Å². The molecule has 0 aliphatic rings. The molecule has 0 bridgehead atoms. The summed E-state index contributed by atoms with van der Waals surface area (Å²) in [5, 5.41) is 9.54. The van der Waals surface area contributed by atoms with Crippen molar-refractivity contribution in [2.24, 2.45) is 5.73 Å². The summed E-state index contributed by atoms with van der Waals surface area (Å²) in [6.07, 6.45) is 3.23. The molecule has 0 aliphatic carbocycles. The lowest BCUT2D eigenvalue weighted by atomic mass is 10.2. The summed E-state index contributed by atoms with van der Waals surface area (Å²) in [5.74, 6) is -1.95. The van der Waals surface area contributed by atoms with E-state index in [-0.39, 0.29) is 32.1 Å². The molecule has 0 saturated carbocycles. The summed E-state index contributed by atoms with van der Waals surface area (Å²) < 4.78 is 34.2. The van der Waals surface area contributed by atoms with Crippen LogP contribution in [0, 0.1) is 11.6 Å². The van der Waals surface area contributed by atoms with Crippen molar-refractivity contribution in [2.75, 3.05) is 13.2 Å². The molecule has 1 aromatic carbocycles. The lowest BCUT2D eigenvalue weighted by molar-refractivity contribution is 0.0821. The third-order valence-corrected chi connectivity index (χ3v) is 3.95. The quantitative estimate of drug-likeness (QED) is 0.630. The maximum Gasteiger partial charge on any atom is 0.267 e. The van der Waals surface area contributed by atoms with E-state index in [1.807, 2.05) is 0 Å². The molecule has 6 nitrogen and oxygen atoms in total. The number of fused-ring (bicyclic) bond motifs is 1. The molecule has 0 radical (unpaired) electrons. The summed E-state index contributed by atoms with van der Waals surface area (Å²) in [6.45, 7) is 0.388. The molecule has 3 N–H and O–H groups in total. The van der Waals surface area contributed by atoms with Gasteiger partial charge >= 0.3 is 0 Å². The van der Waals surface area contributed by atoms with E-state index in [4.69, 9.17) is 15.6 Å². The molecule has 1 amide bonds. The smallest absolute Gasteiger partial charge is 0.267 e. The van der Waals surface area contributed by atoms with E-state index < -0.39 is 17.5 Å². The van der Waals surface area contributed by atoms with E-state index in [2.05, 4.69) is 4.98 Å². The fraction of sp³-hybridized carbons (Fsp3) is 0.222. The van der Waals surface area contributed by atoms with Crippen molar-refractivity contribution < 1.29 is 23.4 Å². The van der Waals surface area contributed by atoms with Crippen LogP contribution in [0.4, 0.5) is 8.78 Å². The van der Waals surface area contributed by atoms with Gasteiger partial charge in [0.2, 0.25) is 0 Å². The maximum absolute atomic E-state index is 14.0. The van der Waals surface area contributed by atoms with Gasteiger partial charge in [-0.1, -0.05) is 6.07 Å². The molecule has 3 rings (SSSR count). The van der Waals surface area contributed by atoms with E-state index in [0.29, 0.717) is 16.5 Å². The number of aliphatic hydroxyl groups excluding tert-OH is 1. The number of aliphatic hydroxyl groups is 1. The summed E-state index contributed by atoms with van der Waals surface area (Å²) in [4.78, 5) is 15.4. The van der Waals surface area contributed by atoms with Crippen LogP contribution in [-0.2, 0) is 17.9 Å². The van der Waals surface area contributed by atoms with E-state index in [0.717, 1.165) is 11.6 Å². The van der Waals surface area contributed by atoms with Gasteiger partial charge in [0, 0.05) is 28.8 Å². The molecule has 2 aromatic heterocycles. The van der Waals surface area contributed by atoms with Gasteiger partial charge in [0.25, 0.3) is 5.91 Å². The van der Waals surface area contributed by atoms with E-state index in [1.54, 1.807) is 16.8 Å². The number of aromatic nitrogens is 2. The van der Waals surface area contributed by atoms with Crippen molar-refractivity contribution in [3.05, 3.63) is 65.1 Å². The number of ether oxygens (including phenoxy) is 1. The third-order valence-electron chi connectivity index (χ3n) is 3.95. The molecule has 0 aliphatic heterocycles. The van der Waals surface area contributed by atoms with E-state index in [9.17, 15) is 13.6 Å². The standard InChI is InChI=1S/C18H17F2N3O3/c19-13-2-1-11(15(20)5-13)8-23-9-12(10-26-4-3-24)14-6-16(18(21)25)22-7-17(14)23/h1-2,5-7,9,24H,3-4,8,10H2,(H2,21,25). The van der Waals surface area contributed by atoms with Gasteiger partial charge in [-0.15, -0.1) is 0 Å². The van der Waals surface area contributed by atoms with Gasteiger partial charge in [-0.3, -0.25) is 4.79 Å². The molecule has 136 valence electrons. The minimum atomic E-state index is -0.661. The van der Waals surface area contributed by atoms with Crippen LogP contribution in [0.2, 0.25) is 0 Å². The van der Waals surface area contributed by atoms with Crippen LogP contribution in [0.1, 0.15) is 21.6 Å². The van der Waals surface area contributed by atoms with Crippen molar-refractivity contribution in [3.8, 4) is 0 Å². The highest BCUT2D eigenvalue weighted by molar-refractivity contribution is 5.95. The van der Waals surface area contributed by atoms with Crippen molar-refractivity contribution in [1.82, 2.24) is 9.55 Å². The first kappa shape index (κ1) is 18.0. The van der Waals surface area contributed by atoms with Crippen LogP contribution in [-0.4, -0.2) is 33.8 Å². The monoisotopic (exact) mass is 361 g/mol. The Labute approximate surface area is 147 Å². The fourth-order valence-electron chi connectivity index (χ4n) is 2.72. The largest absolute Gasteiger partial charge is 0.394 e. The zero-order valence-electron chi connectivity index (χ0n) is 13.8. The molecule has 0 unspecified atom stereocenters. The van der Waals surface area contributed by atoms with Crippen molar-refractivity contribution in [2.45, 2.75) is 13.2 Å². The van der Waals surface area contributed by atoms with E-state index in [1.165, 1.54) is 18.3 Å². The fourth-order valence-corrected chi connectivity index (χ4v) is 2.72. The summed E-state index contributed by atoms with van der Waals surface area (Å²) in [5.41, 5.74) is 7.09. The second kappa shape index (κ2) is 7.59. The average molecular weight is 361 g/mol. The Kier molecular flexibility index (Phi) is 5.24. The zero-order valence-corrected chi connectivity index (χ0v) is 13.8. The van der Waals surface area contributed by atoms with Crippen LogP contribution < -0.4 is 5.73 Å². The number of rotatable bonds is 7. The van der Waals surface area contributed by atoms with E-state index >= 15 is 0 Å². The Bertz CT molecular complexity index is 956. The summed E-state index contributed by atoms with van der Waals surface area (Å²) in [7, 11) is 0. The number of benzene rings is 1. The number of primary amides is 1. The lowest BCUT2D eigenvalue weighted by Crippen LogP contribution is -2.12. The zero-order chi connectivity index (χ0) is 18.7. The first-order chi connectivity index (χ1) is 12.5. The molecule has 0 saturated heterocycles. The molecule has 0 fully saturated rings. The molecule has 0 atom stereocenters. The second-order valence-electron chi connectivity index (χ2n) is 5.75. The highest BCUT2D eigenvalue weighted by Gasteiger charge is 2.14. The molecule has 3 aromatic rings. The Morgan fingerprint density at radius 3 is 2.77 bits per heavy atom. The molecule has 8 heteroatoms. The number of pyridine rings is 1. The van der Waals surface area contributed by atoms with Crippen molar-refractivity contribution in [3.63, 3.8) is 0 Å². The van der Waals surface area contributed by atoms with Crippen LogP contribution in [0.3, 0.4) is 0 Å². The van der Waals surface area contributed by atoms with Crippen LogP contribution in [0.25, 0.3) is 10.9 Å². The third kappa shape index (κ3) is 3.71. The number of amides is 1. The maximum atomic E-state index is 14.0. The minimum Gasteiger partial charge on any atom is -0.394 e. The summed E-state index contributed by atoms with van der Waals surface area (Å²) in [6, 6.07) is 4.95. The predicted molar refractivity (Wildman–Crippen MR) is 90.5 cm³/mol. The second-order valence-corrected chi connectivity index (χ2v) is 5.75. The highest BCUT2D eigenvalue weighted by atomic mass is 19.1. The van der Waals surface area contributed by atoms with Crippen LogP contribution in [0.5, 0.6) is 0 Å². The number of nitrogens with two attached hydrogens (primary N) is 1. The molecule has 2 heterocycles. The van der Waals surface area contributed by atoms with Gasteiger partial charge in [-0.2, -0.15) is 0 Å². The normalized spacial score (nSPS) is 11.2. The van der Waals surface area contributed by atoms with Crippen molar-refractivity contribution in [1.29, 1.82) is 0 Å². The summed E-state index contributed by atoms with van der Waals surface area (Å²) >= 11 is 0. The lowest BCUT2D eigenvalue weighted by Gasteiger charge is -2.07. The Morgan fingerprint density at radius 1 is 1.27 bits per heavy atom. The minimum absolute atomic E-state index is 0.103. The number of halogens is 2. The first-order valence-electron chi connectivity index (χ1n) is 7.89. The number of hydrogen-bond acceptors (Lipinski definition) is 4. The van der Waals surface area contributed by atoms with Gasteiger partial charge in [0.1, 0.15) is 17.3 Å². The molecular weight excluding hydrogens is 344 g/mol. The van der Waals surface area contributed by atoms with Gasteiger partial charge < -0.3 is 20.1 Å². The van der Waals surface area contributed by atoms with Crippen molar-refractivity contribution >= 4 is 16.8 Å². The number of carbonyl (C=O) groups excluding carboxylic acids is 1. The Hall–Kier alpha value is -2.84. The highest BCUT2D eigenvalue weighted by Crippen LogP contribution is 2.24. The van der Waals surface area contributed by atoms with Crippen LogP contribution >= 0.6 is 0 Å². The number of carbonyl (C=O) groups is 1. The Balaban J connectivity index is 2.02. The topological polar surface area (TPSA) is 90.4 Å². The number of hydrogen-bond donors (Lipinski definition) is 2. The molecular formula is C18H17F2N3O3. The van der Waals surface area contributed by atoms with Gasteiger partial charge in [0.05, 0.1) is 38.1 Å². The molecule has 0 spiro atoms. The number of nitrogens with zero attached hydrogens (tertiary/aromatic N) is 2. The van der Waals surface area contributed by atoms with Crippen LogP contribution in [0.15, 0.2) is 36.7 Å². The predicted octanol–water partition coefficient (Wildman–Crippen LogP) is 1.97. The Morgan fingerprint density at radius 2 is 2.08 bits per heavy atom. The van der Waals surface area contributed by atoms with Gasteiger partial charge in [-0.05, 0) is 12.1 Å². The average Bonchev–Trinajstić information content (AvgIpc) is 2.95. The SMILES string of the molecule is NC(=O)c1cc2c(COCCO)cn(Cc3ccc(F)cc3F)c2cn1. The first-order valence-corrected chi connectivity index (χ1v) is 7.89.